The van der Waals surface area contributed by atoms with E-state index >= 15 is 0 Å². The predicted octanol–water partition coefficient (Wildman–Crippen LogP) is 1.91. The Kier molecular flexibility index (Phi) is 12.8. The fourth-order valence-corrected chi connectivity index (χ4v) is 3.65. The third-order valence-corrected chi connectivity index (χ3v) is 4.99. The molecule has 1 fully saturated rings. The summed E-state index contributed by atoms with van der Waals surface area (Å²) in [7, 11) is 0. The lowest BCUT2D eigenvalue weighted by atomic mass is 10.1. The zero-order valence-electron chi connectivity index (χ0n) is 24.0. The molecule has 0 aromatic rings. The van der Waals surface area contributed by atoms with Crippen LogP contribution in [-0.2, 0) is 28.6 Å². The molecule has 0 amide bonds. The van der Waals surface area contributed by atoms with E-state index in [1.54, 1.807) is 0 Å². The summed E-state index contributed by atoms with van der Waals surface area (Å²) in [6.45, 7) is 20.6. The van der Waals surface area contributed by atoms with E-state index in [0.29, 0.717) is 45.8 Å². The molecule has 0 aromatic carbocycles. The molecule has 0 aliphatic carbocycles. The molecular formula is C26H50N4O6. The van der Waals surface area contributed by atoms with Crippen molar-refractivity contribution in [1.82, 2.24) is 20.4 Å². The Morgan fingerprint density at radius 1 is 0.694 bits per heavy atom. The van der Waals surface area contributed by atoms with E-state index in [1.807, 2.05) is 72.1 Å². The third kappa shape index (κ3) is 16.8. The molecule has 10 nitrogen and oxygen atoms in total. The molecule has 1 unspecified atom stereocenters. The molecule has 1 aliphatic rings. The number of carbonyl (C=O) groups excluding carboxylic acids is 3. The van der Waals surface area contributed by atoms with Gasteiger partial charge in [0.25, 0.3) is 0 Å². The maximum absolute atomic E-state index is 12.6. The van der Waals surface area contributed by atoms with Gasteiger partial charge in [-0.25, -0.2) is 0 Å². The van der Waals surface area contributed by atoms with Gasteiger partial charge in [-0.15, -0.1) is 0 Å². The Labute approximate surface area is 217 Å². The minimum Gasteiger partial charge on any atom is -0.460 e. The average molecular weight is 515 g/mol. The van der Waals surface area contributed by atoms with Crippen LogP contribution >= 0.6 is 0 Å². The minimum absolute atomic E-state index is 0.149. The summed E-state index contributed by atoms with van der Waals surface area (Å²) in [6, 6.07) is -0.186. The molecule has 0 bridgehead atoms. The number of hydrogen-bond acceptors (Lipinski definition) is 10. The van der Waals surface area contributed by atoms with Crippen molar-refractivity contribution >= 4 is 17.9 Å². The van der Waals surface area contributed by atoms with E-state index in [-0.39, 0.29) is 43.5 Å². The molecule has 210 valence electrons. The van der Waals surface area contributed by atoms with Crippen LogP contribution < -0.4 is 10.6 Å². The summed E-state index contributed by atoms with van der Waals surface area (Å²) in [5.41, 5.74) is -1.66. The summed E-state index contributed by atoms with van der Waals surface area (Å²) in [6.07, 6.45) is 0.818. The lowest BCUT2D eigenvalue weighted by Crippen LogP contribution is -2.49. The van der Waals surface area contributed by atoms with E-state index in [2.05, 4.69) is 10.6 Å². The fraction of sp³-hybridized carbons (Fsp3) is 0.885. The quantitative estimate of drug-likeness (QED) is 0.403. The largest absolute Gasteiger partial charge is 0.460 e. The average Bonchev–Trinajstić information content (AvgIpc) is 2.63. The molecule has 0 radical (unpaired) electrons. The summed E-state index contributed by atoms with van der Waals surface area (Å²) in [5.74, 6) is -0.843. The van der Waals surface area contributed by atoms with Gasteiger partial charge in [0, 0.05) is 45.4 Å². The van der Waals surface area contributed by atoms with Crippen LogP contribution in [0.5, 0.6) is 0 Å². The number of nitrogens with one attached hydrogen (secondary N) is 2. The van der Waals surface area contributed by atoms with E-state index in [0.717, 1.165) is 0 Å². The van der Waals surface area contributed by atoms with Gasteiger partial charge in [-0.3, -0.25) is 24.2 Å². The number of carbonyl (C=O) groups is 3. The van der Waals surface area contributed by atoms with Crippen molar-refractivity contribution in [3.05, 3.63) is 0 Å². The van der Waals surface area contributed by atoms with Crippen LogP contribution in [0.3, 0.4) is 0 Å². The smallest absolute Gasteiger partial charge is 0.320 e. The van der Waals surface area contributed by atoms with Crippen molar-refractivity contribution in [1.29, 1.82) is 0 Å². The molecule has 0 aromatic heterocycles. The summed E-state index contributed by atoms with van der Waals surface area (Å²) in [5, 5.41) is 6.82. The minimum atomic E-state index is -0.570. The summed E-state index contributed by atoms with van der Waals surface area (Å²) >= 11 is 0. The van der Waals surface area contributed by atoms with E-state index in [4.69, 9.17) is 14.2 Å². The highest BCUT2D eigenvalue weighted by Crippen LogP contribution is 2.13. The first-order chi connectivity index (χ1) is 16.4. The van der Waals surface area contributed by atoms with Crippen molar-refractivity contribution < 1.29 is 28.6 Å². The molecule has 1 saturated heterocycles. The van der Waals surface area contributed by atoms with Crippen LogP contribution in [0.15, 0.2) is 0 Å². The van der Waals surface area contributed by atoms with Crippen LogP contribution in [0.4, 0.5) is 0 Å². The Morgan fingerprint density at radius 2 is 1.14 bits per heavy atom. The third-order valence-electron chi connectivity index (χ3n) is 4.99. The Bertz CT molecular complexity index is 665. The van der Waals surface area contributed by atoms with Gasteiger partial charge in [0.1, 0.15) is 16.8 Å². The lowest BCUT2D eigenvalue weighted by molar-refractivity contribution is -0.157. The molecule has 36 heavy (non-hydrogen) atoms. The summed E-state index contributed by atoms with van der Waals surface area (Å²) in [4.78, 5) is 41.5. The van der Waals surface area contributed by atoms with E-state index in [9.17, 15) is 14.4 Å². The van der Waals surface area contributed by atoms with E-state index < -0.39 is 16.8 Å². The number of hydrogen-bond donors (Lipinski definition) is 2. The van der Waals surface area contributed by atoms with Crippen molar-refractivity contribution in [3.63, 3.8) is 0 Å². The fourth-order valence-electron chi connectivity index (χ4n) is 3.65. The first kappa shape index (κ1) is 32.3. The highest BCUT2D eigenvalue weighted by atomic mass is 16.6. The van der Waals surface area contributed by atoms with Crippen molar-refractivity contribution in [2.45, 2.75) is 98.0 Å². The van der Waals surface area contributed by atoms with Gasteiger partial charge >= 0.3 is 17.9 Å². The molecule has 10 heteroatoms. The van der Waals surface area contributed by atoms with Gasteiger partial charge in [-0.1, -0.05) is 0 Å². The Morgan fingerprint density at radius 3 is 1.64 bits per heavy atom. The van der Waals surface area contributed by atoms with Gasteiger partial charge in [0.05, 0.1) is 19.5 Å². The molecule has 1 aliphatic heterocycles. The summed E-state index contributed by atoms with van der Waals surface area (Å²) < 4.78 is 16.5. The van der Waals surface area contributed by atoms with Gasteiger partial charge in [-0.05, 0) is 68.7 Å². The standard InChI is InChI=1S/C26H50N4O6/c1-24(2,3)34-21(31)16-20-10-13-29(17-22(32)35-25(4,5)6)14-11-27-12-15-30(19-28-20)18-23(33)36-26(7,8)9/h20,27-28H,10-19H2,1-9H3. The van der Waals surface area contributed by atoms with Crippen LogP contribution in [-0.4, -0.2) is 103 Å². The van der Waals surface area contributed by atoms with Crippen LogP contribution in [0.2, 0.25) is 0 Å². The highest BCUT2D eigenvalue weighted by Gasteiger charge is 2.25. The molecular weight excluding hydrogens is 464 g/mol. The first-order valence-corrected chi connectivity index (χ1v) is 13.0. The molecule has 0 spiro atoms. The first-order valence-electron chi connectivity index (χ1n) is 13.0. The van der Waals surface area contributed by atoms with Crippen LogP contribution in [0, 0.1) is 0 Å². The highest BCUT2D eigenvalue weighted by molar-refractivity contribution is 5.72. The topological polar surface area (TPSA) is 109 Å². The Balaban J connectivity index is 2.89. The molecule has 1 atom stereocenters. The molecule has 2 N–H and O–H groups in total. The number of ether oxygens (including phenoxy) is 3. The second kappa shape index (κ2) is 14.3. The maximum Gasteiger partial charge on any atom is 0.320 e. The number of esters is 3. The molecule has 0 saturated carbocycles. The van der Waals surface area contributed by atoms with Gasteiger partial charge < -0.3 is 24.8 Å². The van der Waals surface area contributed by atoms with Crippen molar-refractivity contribution in [3.8, 4) is 0 Å². The SMILES string of the molecule is CC(C)(C)OC(=O)CC1CCN(CC(=O)OC(C)(C)C)CCNCCN(CC(=O)OC(C)(C)C)CN1. The monoisotopic (exact) mass is 514 g/mol. The second-order valence-corrected chi connectivity index (χ2v) is 12.4. The predicted molar refractivity (Wildman–Crippen MR) is 139 cm³/mol. The molecule has 1 rings (SSSR count). The zero-order chi connectivity index (χ0) is 27.6. The molecule has 1 heterocycles. The Hall–Kier alpha value is -1.75. The van der Waals surface area contributed by atoms with Crippen molar-refractivity contribution in [2.24, 2.45) is 0 Å². The van der Waals surface area contributed by atoms with Gasteiger partial charge in [-0.2, -0.15) is 0 Å². The van der Waals surface area contributed by atoms with Gasteiger partial charge in [0.2, 0.25) is 0 Å². The number of nitrogens with zero attached hydrogens (tertiary/aromatic N) is 2. The van der Waals surface area contributed by atoms with E-state index in [1.165, 1.54) is 0 Å². The van der Waals surface area contributed by atoms with Crippen LogP contribution in [0.25, 0.3) is 0 Å². The van der Waals surface area contributed by atoms with Gasteiger partial charge in [0.15, 0.2) is 0 Å². The number of rotatable bonds is 6. The lowest BCUT2D eigenvalue weighted by Gasteiger charge is -2.31. The van der Waals surface area contributed by atoms with Crippen molar-refractivity contribution in [2.75, 3.05) is 52.5 Å². The zero-order valence-corrected chi connectivity index (χ0v) is 24.0. The maximum atomic E-state index is 12.6. The van der Waals surface area contributed by atoms with Crippen LogP contribution in [0.1, 0.15) is 75.2 Å². The normalized spacial score (nSPS) is 20.1. The second-order valence-electron chi connectivity index (χ2n) is 12.4.